The summed E-state index contributed by atoms with van der Waals surface area (Å²) in [5, 5.41) is 9.76. The number of benzene rings is 2. The number of carbonyl (C=O) groups excluding carboxylic acids is 1. The van der Waals surface area contributed by atoms with Crippen LogP contribution in [0.15, 0.2) is 42.5 Å². The second kappa shape index (κ2) is 7.31. The Morgan fingerprint density at radius 1 is 1.14 bits per heavy atom. The molecule has 0 N–H and O–H groups in total. The predicted molar refractivity (Wildman–Crippen MR) is 87.8 cm³/mol. The van der Waals surface area contributed by atoms with Crippen molar-refractivity contribution in [1.82, 2.24) is 4.90 Å². The number of likely N-dealkylation sites (N-methyl/N-ethyl adjacent to an activating group) is 1. The van der Waals surface area contributed by atoms with Gasteiger partial charge in [0, 0.05) is 23.6 Å². The number of hydrogen-bond acceptors (Lipinski definition) is 2. The molecule has 0 radical (unpaired) electrons. The van der Waals surface area contributed by atoms with Crippen LogP contribution in [0.5, 0.6) is 0 Å². The Morgan fingerprint density at radius 3 is 2.27 bits per heavy atom. The molecule has 5 heteroatoms. The SMILES string of the molecule is CN(Cc1ccc(C#N)cc1)C(=O)Cc1c(Cl)cccc1Cl. The number of carbonyl (C=O) groups is 1. The second-order valence-corrected chi connectivity index (χ2v) is 5.75. The van der Waals surface area contributed by atoms with Crippen LogP contribution in [0.4, 0.5) is 0 Å². The molecular formula is C17H14Cl2N2O. The quantitative estimate of drug-likeness (QED) is 0.847. The van der Waals surface area contributed by atoms with Crippen LogP contribution in [-0.4, -0.2) is 17.9 Å². The summed E-state index contributed by atoms with van der Waals surface area (Å²) in [7, 11) is 1.73. The zero-order valence-electron chi connectivity index (χ0n) is 12.0. The summed E-state index contributed by atoms with van der Waals surface area (Å²) < 4.78 is 0. The average Bonchev–Trinajstić information content (AvgIpc) is 2.51. The van der Waals surface area contributed by atoms with Crippen molar-refractivity contribution < 1.29 is 4.79 Å². The molecule has 2 aromatic rings. The van der Waals surface area contributed by atoms with Gasteiger partial charge in [-0.05, 0) is 35.4 Å². The molecule has 2 rings (SSSR count). The van der Waals surface area contributed by atoms with Crippen molar-refractivity contribution in [2.24, 2.45) is 0 Å². The Kier molecular flexibility index (Phi) is 5.43. The maximum atomic E-state index is 12.3. The Bertz CT molecular complexity index is 700. The first-order chi connectivity index (χ1) is 10.5. The van der Waals surface area contributed by atoms with Gasteiger partial charge in [0.15, 0.2) is 0 Å². The summed E-state index contributed by atoms with van der Waals surface area (Å²) in [5.41, 5.74) is 2.20. The summed E-state index contributed by atoms with van der Waals surface area (Å²) in [6.45, 7) is 0.465. The lowest BCUT2D eigenvalue weighted by atomic mass is 10.1. The molecule has 0 bridgehead atoms. The first-order valence-corrected chi connectivity index (χ1v) is 7.42. The van der Waals surface area contributed by atoms with E-state index in [9.17, 15) is 4.79 Å². The van der Waals surface area contributed by atoms with Crippen LogP contribution in [0.3, 0.4) is 0 Å². The van der Waals surface area contributed by atoms with Gasteiger partial charge in [0.2, 0.25) is 5.91 Å². The van der Waals surface area contributed by atoms with Crippen LogP contribution in [0.25, 0.3) is 0 Å². The summed E-state index contributed by atoms with van der Waals surface area (Å²) >= 11 is 12.2. The highest BCUT2D eigenvalue weighted by Crippen LogP contribution is 2.25. The first-order valence-electron chi connectivity index (χ1n) is 6.67. The third kappa shape index (κ3) is 4.00. The monoisotopic (exact) mass is 332 g/mol. The van der Waals surface area contributed by atoms with Crippen molar-refractivity contribution in [3.63, 3.8) is 0 Å². The van der Waals surface area contributed by atoms with Gasteiger partial charge in [0.1, 0.15) is 0 Å². The molecule has 0 saturated carbocycles. The van der Waals surface area contributed by atoms with Gasteiger partial charge in [-0.1, -0.05) is 41.4 Å². The lowest BCUT2D eigenvalue weighted by Gasteiger charge is -2.18. The number of halogens is 2. The van der Waals surface area contributed by atoms with E-state index in [1.165, 1.54) is 0 Å². The van der Waals surface area contributed by atoms with Gasteiger partial charge in [0.05, 0.1) is 18.1 Å². The zero-order valence-corrected chi connectivity index (χ0v) is 13.5. The molecule has 0 fully saturated rings. The number of nitriles is 1. The van der Waals surface area contributed by atoms with Gasteiger partial charge < -0.3 is 4.90 Å². The molecule has 0 unspecified atom stereocenters. The molecule has 0 aliphatic heterocycles. The standard InChI is InChI=1S/C17H14Cl2N2O/c1-21(11-13-7-5-12(10-20)6-8-13)17(22)9-14-15(18)3-2-4-16(14)19/h2-8H,9,11H2,1H3. The van der Waals surface area contributed by atoms with E-state index in [4.69, 9.17) is 28.5 Å². The molecule has 2 aromatic carbocycles. The number of rotatable bonds is 4. The lowest BCUT2D eigenvalue weighted by molar-refractivity contribution is -0.129. The van der Waals surface area contributed by atoms with Crippen molar-refractivity contribution in [3.8, 4) is 6.07 Å². The van der Waals surface area contributed by atoms with Crippen molar-refractivity contribution in [2.45, 2.75) is 13.0 Å². The molecule has 0 atom stereocenters. The van der Waals surface area contributed by atoms with Crippen molar-refractivity contribution in [3.05, 3.63) is 69.2 Å². The molecule has 22 heavy (non-hydrogen) atoms. The minimum absolute atomic E-state index is 0.0700. The van der Waals surface area contributed by atoms with E-state index >= 15 is 0 Å². The highest BCUT2D eigenvalue weighted by molar-refractivity contribution is 6.36. The molecule has 1 amide bonds. The highest BCUT2D eigenvalue weighted by atomic mass is 35.5. The van der Waals surface area contributed by atoms with E-state index in [-0.39, 0.29) is 12.3 Å². The van der Waals surface area contributed by atoms with Crippen molar-refractivity contribution in [2.75, 3.05) is 7.05 Å². The Hall–Kier alpha value is -2.02. The van der Waals surface area contributed by atoms with Gasteiger partial charge in [-0.15, -0.1) is 0 Å². The number of hydrogen-bond donors (Lipinski definition) is 0. The molecule has 0 aliphatic carbocycles. The largest absolute Gasteiger partial charge is 0.341 e. The van der Waals surface area contributed by atoms with Crippen LogP contribution in [0.1, 0.15) is 16.7 Å². The Morgan fingerprint density at radius 2 is 1.73 bits per heavy atom. The molecule has 0 aromatic heterocycles. The van der Waals surface area contributed by atoms with E-state index in [2.05, 4.69) is 6.07 Å². The third-order valence-electron chi connectivity index (χ3n) is 3.32. The minimum atomic E-state index is -0.0700. The molecule has 0 saturated heterocycles. The summed E-state index contributed by atoms with van der Waals surface area (Å²) in [6.07, 6.45) is 0.158. The van der Waals surface area contributed by atoms with Gasteiger partial charge >= 0.3 is 0 Å². The van der Waals surface area contributed by atoms with Crippen molar-refractivity contribution in [1.29, 1.82) is 5.26 Å². The summed E-state index contributed by atoms with van der Waals surface area (Å²) in [5.74, 6) is -0.0700. The minimum Gasteiger partial charge on any atom is -0.341 e. The predicted octanol–water partition coefficient (Wildman–Crippen LogP) is 4.07. The third-order valence-corrected chi connectivity index (χ3v) is 4.03. The van der Waals surface area contributed by atoms with E-state index in [0.717, 1.165) is 5.56 Å². The topological polar surface area (TPSA) is 44.1 Å². The molecule has 0 heterocycles. The molecule has 3 nitrogen and oxygen atoms in total. The van der Waals surface area contributed by atoms with E-state index < -0.39 is 0 Å². The van der Waals surface area contributed by atoms with Gasteiger partial charge in [-0.3, -0.25) is 4.79 Å². The van der Waals surface area contributed by atoms with Gasteiger partial charge in [0.25, 0.3) is 0 Å². The van der Waals surface area contributed by atoms with Crippen LogP contribution in [0.2, 0.25) is 10.0 Å². The van der Waals surface area contributed by atoms with Crippen molar-refractivity contribution >= 4 is 29.1 Å². The van der Waals surface area contributed by atoms with E-state index in [1.54, 1.807) is 42.3 Å². The first kappa shape index (κ1) is 16.4. The van der Waals surface area contributed by atoms with Crippen LogP contribution in [-0.2, 0) is 17.8 Å². The van der Waals surface area contributed by atoms with E-state index in [1.807, 2.05) is 12.1 Å². The average molecular weight is 333 g/mol. The lowest BCUT2D eigenvalue weighted by Crippen LogP contribution is -2.27. The van der Waals surface area contributed by atoms with Gasteiger partial charge in [-0.25, -0.2) is 0 Å². The maximum absolute atomic E-state index is 12.3. The fraction of sp³-hybridized carbons (Fsp3) is 0.176. The van der Waals surface area contributed by atoms with Crippen LogP contribution in [0, 0.1) is 11.3 Å². The normalized spacial score (nSPS) is 10.1. The maximum Gasteiger partial charge on any atom is 0.227 e. The second-order valence-electron chi connectivity index (χ2n) is 4.94. The fourth-order valence-corrected chi connectivity index (χ4v) is 2.57. The Balaban J connectivity index is 2.04. The van der Waals surface area contributed by atoms with Crippen LogP contribution < -0.4 is 0 Å². The summed E-state index contributed by atoms with van der Waals surface area (Å²) in [6, 6.07) is 14.4. The number of amides is 1. The molecular weight excluding hydrogens is 319 g/mol. The highest BCUT2D eigenvalue weighted by Gasteiger charge is 2.14. The smallest absolute Gasteiger partial charge is 0.227 e. The number of nitrogens with zero attached hydrogens (tertiary/aromatic N) is 2. The summed E-state index contributed by atoms with van der Waals surface area (Å²) in [4.78, 5) is 13.9. The Labute approximate surface area is 139 Å². The molecule has 112 valence electrons. The zero-order chi connectivity index (χ0) is 16.1. The molecule has 0 aliphatic rings. The molecule has 0 spiro atoms. The van der Waals surface area contributed by atoms with E-state index in [0.29, 0.717) is 27.7 Å². The van der Waals surface area contributed by atoms with Crippen LogP contribution >= 0.6 is 23.2 Å². The van der Waals surface area contributed by atoms with Gasteiger partial charge in [-0.2, -0.15) is 5.26 Å². The fourth-order valence-electron chi connectivity index (χ4n) is 2.03.